The van der Waals surface area contributed by atoms with Crippen molar-refractivity contribution in [2.45, 2.75) is 25.6 Å². The zero-order chi connectivity index (χ0) is 17.6. The third-order valence-corrected chi connectivity index (χ3v) is 4.70. The van der Waals surface area contributed by atoms with Crippen LogP contribution in [0.2, 0.25) is 0 Å². The summed E-state index contributed by atoms with van der Waals surface area (Å²) in [6.45, 7) is -0.488. The van der Waals surface area contributed by atoms with E-state index >= 15 is 0 Å². The van der Waals surface area contributed by atoms with Gasteiger partial charge in [0.25, 0.3) is 5.91 Å². The average Bonchev–Trinajstić information content (AvgIpc) is 3.09. The van der Waals surface area contributed by atoms with Gasteiger partial charge in [-0.05, 0) is 30.9 Å². The summed E-state index contributed by atoms with van der Waals surface area (Å²) in [5.74, 6) is -0.860. The molecular formula is C17H15F3N4O. The number of carbonyl (C=O) groups is 1. The third kappa shape index (κ3) is 2.81. The molecule has 8 heteroatoms. The molecule has 130 valence electrons. The lowest BCUT2D eigenvalue weighted by Crippen LogP contribution is -2.36. The van der Waals surface area contributed by atoms with Gasteiger partial charge in [-0.1, -0.05) is 24.3 Å². The van der Waals surface area contributed by atoms with Gasteiger partial charge in [-0.2, -0.15) is 18.3 Å². The number of para-hydroxylation sites is 2. The molecule has 5 nitrogen and oxygen atoms in total. The Balaban J connectivity index is 1.54. The van der Waals surface area contributed by atoms with E-state index in [4.69, 9.17) is 0 Å². The minimum atomic E-state index is -4.64. The maximum absolute atomic E-state index is 13.2. The average molecular weight is 348 g/mol. The predicted octanol–water partition coefficient (Wildman–Crippen LogP) is 3.12. The van der Waals surface area contributed by atoms with Crippen molar-refractivity contribution >= 4 is 22.7 Å². The summed E-state index contributed by atoms with van der Waals surface area (Å²) in [6, 6.07) is 6.22. The van der Waals surface area contributed by atoms with E-state index < -0.39 is 24.5 Å². The van der Waals surface area contributed by atoms with Crippen LogP contribution < -0.4 is 5.43 Å². The van der Waals surface area contributed by atoms with Gasteiger partial charge in [-0.3, -0.25) is 4.79 Å². The summed E-state index contributed by atoms with van der Waals surface area (Å²) >= 11 is 0. The van der Waals surface area contributed by atoms with Crippen LogP contribution in [0.3, 0.4) is 0 Å². The maximum Gasteiger partial charge on any atom is 0.449 e. The highest BCUT2D eigenvalue weighted by atomic mass is 19.4. The summed E-state index contributed by atoms with van der Waals surface area (Å²) in [5.41, 5.74) is 3.75. The fourth-order valence-electron chi connectivity index (χ4n) is 3.43. The Hall–Kier alpha value is -2.64. The van der Waals surface area contributed by atoms with Gasteiger partial charge in [0.2, 0.25) is 5.82 Å². The molecule has 1 N–H and O–H groups in total. The van der Waals surface area contributed by atoms with Crippen LogP contribution in [0.1, 0.15) is 18.7 Å². The van der Waals surface area contributed by atoms with E-state index in [1.807, 2.05) is 0 Å². The van der Waals surface area contributed by atoms with Gasteiger partial charge < -0.3 is 4.57 Å². The Morgan fingerprint density at radius 1 is 1.36 bits per heavy atom. The van der Waals surface area contributed by atoms with Gasteiger partial charge in [-0.25, -0.2) is 10.4 Å². The van der Waals surface area contributed by atoms with E-state index in [0.717, 1.165) is 23.1 Å². The first kappa shape index (κ1) is 15.9. The SMILES string of the molecule is O=C(Cn1c(C(F)(F)F)nc2ccccc21)N/N=C1\CC2C=CCC12. The maximum atomic E-state index is 13.2. The number of hydrazone groups is 1. The van der Waals surface area contributed by atoms with Crippen LogP contribution in [-0.2, 0) is 17.5 Å². The minimum absolute atomic E-state index is 0.202. The van der Waals surface area contributed by atoms with Gasteiger partial charge in [0.15, 0.2) is 0 Å². The number of imidazole rings is 1. The lowest BCUT2D eigenvalue weighted by molar-refractivity contribution is -0.147. The number of benzene rings is 1. The van der Waals surface area contributed by atoms with Crippen molar-refractivity contribution in [3.63, 3.8) is 0 Å². The quantitative estimate of drug-likeness (QED) is 0.684. The van der Waals surface area contributed by atoms with Crippen molar-refractivity contribution in [2.24, 2.45) is 16.9 Å². The highest BCUT2D eigenvalue weighted by Crippen LogP contribution is 2.40. The van der Waals surface area contributed by atoms with Gasteiger partial charge in [-0.15, -0.1) is 0 Å². The molecule has 2 atom stereocenters. The number of nitrogens with one attached hydrogen (secondary N) is 1. The van der Waals surface area contributed by atoms with Gasteiger partial charge >= 0.3 is 6.18 Å². The summed E-state index contributed by atoms with van der Waals surface area (Å²) in [6.07, 6.45) is 1.29. The van der Waals surface area contributed by atoms with Crippen LogP contribution in [0, 0.1) is 11.8 Å². The number of nitrogens with zero attached hydrogens (tertiary/aromatic N) is 3. The number of alkyl halides is 3. The molecule has 2 aliphatic carbocycles. The van der Waals surface area contributed by atoms with Crippen LogP contribution in [0.4, 0.5) is 13.2 Å². The van der Waals surface area contributed by atoms with Crippen LogP contribution in [-0.4, -0.2) is 21.2 Å². The Morgan fingerprint density at radius 3 is 2.92 bits per heavy atom. The Bertz CT molecular complexity index is 897. The first-order valence-electron chi connectivity index (χ1n) is 7.98. The Morgan fingerprint density at radius 2 is 2.16 bits per heavy atom. The van der Waals surface area contributed by atoms with E-state index in [1.54, 1.807) is 12.1 Å². The molecule has 1 aromatic heterocycles. The van der Waals surface area contributed by atoms with Crippen LogP contribution in [0.15, 0.2) is 41.5 Å². The van der Waals surface area contributed by atoms with E-state index in [1.165, 1.54) is 12.1 Å². The molecule has 2 aliphatic rings. The lowest BCUT2D eigenvalue weighted by Gasteiger charge is -2.31. The molecule has 1 aromatic carbocycles. The first-order chi connectivity index (χ1) is 11.9. The molecular weight excluding hydrogens is 333 g/mol. The second-order valence-corrected chi connectivity index (χ2v) is 6.28. The van der Waals surface area contributed by atoms with E-state index in [9.17, 15) is 18.0 Å². The van der Waals surface area contributed by atoms with Crippen molar-refractivity contribution in [3.05, 3.63) is 42.2 Å². The Kier molecular flexibility index (Phi) is 3.63. The summed E-state index contributed by atoms with van der Waals surface area (Å²) in [7, 11) is 0. The number of rotatable bonds is 3. The van der Waals surface area contributed by atoms with Crippen LogP contribution >= 0.6 is 0 Å². The minimum Gasteiger partial charge on any atom is -0.311 e. The number of aromatic nitrogens is 2. The third-order valence-electron chi connectivity index (χ3n) is 4.70. The van der Waals surface area contributed by atoms with E-state index in [-0.39, 0.29) is 11.0 Å². The molecule has 2 aromatic rings. The van der Waals surface area contributed by atoms with Crippen LogP contribution in [0.25, 0.3) is 11.0 Å². The molecule has 0 bridgehead atoms. The molecule has 0 aliphatic heterocycles. The highest BCUT2D eigenvalue weighted by Gasteiger charge is 2.39. The molecule has 25 heavy (non-hydrogen) atoms. The second-order valence-electron chi connectivity index (χ2n) is 6.28. The first-order valence-corrected chi connectivity index (χ1v) is 7.98. The molecule has 2 unspecified atom stereocenters. The molecule has 0 saturated heterocycles. The monoisotopic (exact) mass is 348 g/mol. The largest absolute Gasteiger partial charge is 0.449 e. The van der Waals surface area contributed by atoms with Crippen molar-refractivity contribution in [1.82, 2.24) is 15.0 Å². The van der Waals surface area contributed by atoms with Crippen molar-refractivity contribution in [2.75, 3.05) is 0 Å². The molecule has 0 radical (unpaired) electrons. The lowest BCUT2D eigenvalue weighted by atomic mass is 9.74. The number of amides is 1. The van der Waals surface area contributed by atoms with E-state index in [0.29, 0.717) is 11.8 Å². The number of carbonyl (C=O) groups excluding carboxylic acids is 1. The summed E-state index contributed by atoms with van der Waals surface area (Å²) < 4.78 is 40.5. The number of fused-ring (bicyclic) bond motifs is 2. The standard InChI is InChI=1S/C17H15F3N4O/c18-17(19,20)16-21-12-6-1-2-7-14(12)24(16)9-15(25)23-22-13-8-10-4-3-5-11(10)13/h1-4,6-7,10-11H,5,8-9H2,(H,23,25)/b22-13+. The Labute approximate surface area is 141 Å². The molecule has 1 amide bonds. The number of halogens is 3. The zero-order valence-electron chi connectivity index (χ0n) is 13.1. The fraction of sp³-hybridized carbons (Fsp3) is 0.353. The molecule has 4 rings (SSSR count). The smallest absolute Gasteiger partial charge is 0.311 e. The van der Waals surface area contributed by atoms with Gasteiger partial charge in [0.1, 0.15) is 6.54 Å². The topological polar surface area (TPSA) is 59.3 Å². The second kappa shape index (κ2) is 5.72. The number of hydrogen-bond donors (Lipinski definition) is 1. The van der Waals surface area contributed by atoms with Gasteiger partial charge in [0.05, 0.1) is 11.0 Å². The zero-order valence-corrected chi connectivity index (χ0v) is 13.1. The fourth-order valence-corrected chi connectivity index (χ4v) is 3.43. The molecule has 1 saturated carbocycles. The van der Waals surface area contributed by atoms with Crippen molar-refractivity contribution < 1.29 is 18.0 Å². The highest BCUT2D eigenvalue weighted by molar-refractivity contribution is 5.95. The number of hydrogen-bond acceptors (Lipinski definition) is 3. The molecule has 1 fully saturated rings. The van der Waals surface area contributed by atoms with E-state index in [2.05, 4.69) is 27.7 Å². The van der Waals surface area contributed by atoms with Crippen molar-refractivity contribution in [3.8, 4) is 0 Å². The normalized spacial score (nSPS) is 23.7. The molecule has 1 heterocycles. The summed E-state index contributed by atoms with van der Waals surface area (Å²) in [5, 5.41) is 4.09. The number of allylic oxidation sites excluding steroid dienone is 2. The van der Waals surface area contributed by atoms with Gasteiger partial charge in [0, 0.05) is 11.6 Å². The summed E-state index contributed by atoms with van der Waals surface area (Å²) in [4.78, 5) is 15.7. The van der Waals surface area contributed by atoms with Crippen molar-refractivity contribution in [1.29, 1.82) is 0 Å². The van der Waals surface area contributed by atoms with Crippen LogP contribution in [0.5, 0.6) is 0 Å². The molecule has 0 spiro atoms. The predicted molar refractivity (Wildman–Crippen MR) is 85.7 cm³/mol.